The number of ether oxygens (including phenoxy) is 1. The molecule has 116 valence electrons. The van der Waals surface area contributed by atoms with Gasteiger partial charge in [0.25, 0.3) is 0 Å². The topological polar surface area (TPSA) is 59.6 Å². The van der Waals surface area contributed by atoms with E-state index >= 15 is 0 Å². The third-order valence-electron chi connectivity index (χ3n) is 2.64. The van der Waals surface area contributed by atoms with Crippen LogP contribution in [0.1, 0.15) is 53.9 Å². The molecule has 0 saturated carbocycles. The average Bonchev–Trinajstić information content (AvgIpc) is 2.23. The van der Waals surface area contributed by atoms with Gasteiger partial charge in [0.15, 0.2) is 5.96 Å². The fraction of sp³-hybridized carbons (Fsp3) is 0.929. The maximum absolute atomic E-state index is 5.81. The van der Waals surface area contributed by atoms with Gasteiger partial charge in [0.2, 0.25) is 0 Å². The molecule has 0 aromatic rings. The number of nitrogens with zero attached hydrogens (tertiary/aromatic N) is 1. The monoisotopic (exact) mass is 385 g/mol. The van der Waals surface area contributed by atoms with Crippen LogP contribution in [0.3, 0.4) is 0 Å². The highest BCUT2D eigenvalue weighted by molar-refractivity contribution is 14.0. The van der Waals surface area contributed by atoms with Gasteiger partial charge < -0.3 is 15.8 Å². The molecule has 0 aliphatic rings. The predicted molar refractivity (Wildman–Crippen MR) is 94.3 cm³/mol. The van der Waals surface area contributed by atoms with Gasteiger partial charge in [-0.3, -0.25) is 4.99 Å². The van der Waals surface area contributed by atoms with E-state index < -0.39 is 0 Å². The molecule has 3 N–H and O–H groups in total. The summed E-state index contributed by atoms with van der Waals surface area (Å²) in [4.78, 5) is 4.24. The zero-order chi connectivity index (χ0) is 14.0. The molecule has 0 rings (SSSR count). The Labute approximate surface area is 136 Å². The fourth-order valence-corrected chi connectivity index (χ4v) is 1.66. The molecule has 5 heteroatoms. The lowest BCUT2D eigenvalue weighted by Crippen LogP contribution is -2.38. The van der Waals surface area contributed by atoms with E-state index in [9.17, 15) is 0 Å². The normalized spacial score (nSPS) is 13.5. The lowest BCUT2D eigenvalue weighted by atomic mass is 10.0. The molecule has 0 bridgehead atoms. The van der Waals surface area contributed by atoms with Crippen LogP contribution in [0.2, 0.25) is 0 Å². The quantitative estimate of drug-likeness (QED) is 0.278. The van der Waals surface area contributed by atoms with Crippen LogP contribution in [-0.4, -0.2) is 31.3 Å². The van der Waals surface area contributed by atoms with Crippen LogP contribution in [0, 0.1) is 5.92 Å². The summed E-state index contributed by atoms with van der Waals surface area (Å²) in [5, 5.41) is 3.21. The number of aliphatic imine (C=N–C) groups is 1. The van der Waals surface area contributed by atoms with Crippen molar-refractivity contribution in [2.45, 2.75) is 66.0 Å². The van der Waals surface area contributed by atoms with Crippen molar-refractivity contribution in [3.63, 3.8) is 0 Å². The third kappa shape index (κ3) is 15.9. The minimum Gasteiger partial charge on any atom is -0.377 e. The SMILES string of the molecule is CC(C)CCCC(C)NC(N)=NCCOC(C)C.I. The van der Waals surface area contributed by atoms with Crippen LogP contribution in [-0.2, 0) is 4.74 Å². The molecule has 19 heavy (non-hydrogen) atoms. The Balaban J connectivity index is 0. The summed E-state index contributed by atoms with van der Waals surface area (Å²) >= 11 is 0. The number of rotatable bonds is 9. The van der Waals surface area contributed by atoms with E-state index in [1.54, 1.807) is 0 Å². The summed E-state index contributed by atoms with van der Waals surface area (Å²) in [5.74, 6) is 1.30. The second-order valence-electron chi connectivity index (χ2n) is 5.56. The molecular formula is C14H32IN3O. The molecule has 0 saturated heterocycles. The maximum Gasteiger partial charge on any atom is 0.188 e. The first-order valence-corrected chi connectivity index (χ1v) is 7.09. The van der Waals surface area contributed by atoms with Crippen LogP contribution < -0.4 is 11.1 Å². The molecule has 0 fully saturated rings. The van der Waals surface area contributed by atoms with Gasteiger partial charge in [0.1, 0.15) is 0 Å². The molecule has 0 radical (unpaired) electrons. The molecule has 0 aromatic carbocycles. The Morgan fingerprint density at radius 1 is 1.16 bits per heavy atom. The molecule has 1 atom stereocenters. The van der Waals surface area contributed by atoms with Gasteiger partial charge in [0.05, 0.1) is 19.3 Å². The standard InChI is InChI=1S/C14H31N3O.HI/c1-11(2)7-6-8-13(5)17-14(15)16-9-10-18-12(3)4;/h11-13H,6-10H2,1-5H3,(H3,15,16,17);1H. The summed E-state index contributed by atoms with van der Waals surface area (Å²) < 4.78 is 5.40. The molecule has 1 unspecified atom stereocenters. The van der Waals surface area contributed by atoms with E-state index in [-0.39, 0.29) is 30.1 Å². The Kier molecular flexibility index (Phi) is 14.5. The first-order chi connectivity index (χ1) is 8.41. The smallest absolute Gasteiger partial charge is 0.188 e. The van der Waals surface area contributed by atoms with Gasteiger partial charge in [-0.2, -0.15) is 0 Å². The van der Waals surface area contributed by atoms with Crippen LogP contribution >= 0.6 is 24.0 Å². The van der Waals surface area contributed by atoms with Gasteiger partial charge in [0, 0.05) is 6.04 Å². The minimum atomic E-state index is 0. The average molecular weight is 385 g/mol. The summed E-state index contributed by atoms with van der Waals surface area (Å²) in [6, 6.07) is 0.388. The highest BCUT2D eigenvalue weighted by Crippen LogP contribution is 2.07. The fourth-order valence-electron chi connectivity index (χ4n) is 1.66. The number of guanidine groups is 1. The van der Waals surface area contributed by atoms with Gasteiger partial charge >= 0.3 is 0 Å². The maximum atomic E-state index is 5.81. The van der Waals surface area contributed by atoms with Crippen LogP contribution in [0.15, 0.2) is 4.99 Å². The summed E-state index contributed by atoms with van der Waals surface area (Å²) in [6.45, 7) is 11.9. The number of nitrogens with one attached hydrogen (secondary N) is 1. The molecule has 0 aromatic heterocycles. The zero-order valence-corrected chi connectivity index (χ0v) is 15.4. The van der Waals surface area contributed by atoms with Crippen molar-refractivity contribution in [1.82, 2.24) is 5.32 Å². The molecular weight excluding hydrogens is 353 g/mol. The van der Waals surface area contributed by atoms with Crippen LogP contribution in [0.25, 0.3) is 0 Å². The highest BCUT2D eigenvalue weighted by atomic mass is 127. The summed E-state index contributed by atoms with van der Waals surface area (Å²) in [7, 11) is 0. The Bertz CT molecular complexity index is 233. The third-order valence-corrected chi connectivity index (χ3v) is 2.64. The van der Waals surface area contributed by atoms with Gasteiger partial charge in [-0.15, -0.1) is 24.0 Å². The van der Waals surface area contributed by atoms with Crippen LogP contribution in [0.5, 0.6) is 0 Å². The second-order valence-corrected chi connectivity index (χ2v) is 5.56. The first kappa shape index (κ1) is 21.3. The number of hydrogen-bond donors (Lipinski definition) is 2. The van der Waals surface area contributed by atoms with Crippen molar-refractivity contribution in [2.24, 2.45) is 16.6 Å². The van der Waals surface area contributed by atoms with Gasteiger partial charge in [-0.1, -0.05) is 26.7 Å². The molecule has 0 aliphatic heterocycles. The van der Waals surface area contributed by atoms with Crippen molar-refractivity contribution in [3.8, 4) is 0 Å². The molecule has 0 spiro atoms. The number of halogens is 1. The Morgan fingerprint density at radius 2 is 1.79 bits per heavy atom. The molecule has 0 aliphatic carbocycles. The van der Waals surface area contributed by atoms with Gasteiger partial charge in [-0.25, -0.2) is 0 Å². The van der Waals surface area contributed by atoms with Crippen LogP contribution in [0.4, 0.5) is 0 Å². The lowest BCUT2D eigenvalue weighted by Gasteiger charge is -2.15. The zero-order valence-electron chi connectivity index (χ0n) is 13.1. The van der Waals surface area contributed by atoms with Crippen molar-refractivity contribution in [3.05, 3.63) is 0 Å². The number of nitrogens with two attached hydrogens (primary N) is 1. The van der Waals surface area contributed by atoms with Gasteiger partial charge in [-0.05, 0) is 33.1 Å². The minimum absolute atomic E-state index is 0. The Hall–Kier alpha value is -0.0400. The Morgan fingerprint density at radius 3 is 2.32 bits per heavy atom. The summed E-state index contributed by atoms with van der Waals surface area (Å²) in [5.41, 5.74) is 5.81. The highest BCUT2D eigenvalue weighted by Gasteiger charge is 2.03. The van der Waals surface area contributed by atoms with E-state index in [1.165, 1.54) is 12.8 Å². The van der Waals surface area contributed by atoms with E-state index in [0.29, 0.717) is 25.2 Å². The van der Waals surface area contributed by atoms with E-state index in [2.05, 4.69) is 31.1 Å². The molecule has 0 heterocycles. The molecule has 0 amide bonds. The largest absolute Gasteiger partial charge is 0.377 e. The number of hydrogen-bond acceptors (Lipinski definition) is 2. The van der Waals surface area contributed by atoms with Crippen molar-refractivity contribution < 1.29 is 4.74 Å². The van der Waals surface area contributed by atoms with E-state index in [4.69, 9.17) is 10.5 Å². The summed E-state index contributed by atoms with van der Waals surface area (Å²) in [6.07, 6.45) is 3.89. The lowest BCUT2D eigenvalue weighted by molar-refractivity contribution is 0.0853. The van der Waals surface area contributed by atoms with E-state index in [1.807, 2.05) is 13.8 Å². The second kappa shape index (κ2) is 13.0. The predicted octanol–water partition coefficient (Wildman–Crippen LogP) is 3.15. The van der Waals surface area contributed by atoms with Crippen molar-refractivity contribution in [1.29, 1.82) is 0 Å². The van der Waals surface area contributed by atoms with Crippen molar-refractivity contribution >= 4 is 29.9 Å². The first-order valence-electron chi connectivity index (χ1n) is 7.09. The van der Waals surface area contributed by atoms with Crippen molar-refractivity contribution in [2.75, 3.05) is 13.2 Å². The van der Waals surface area contributed by atoms with E-state index in [0.717, 1.165) is 12.3 Å². The molecule has 4 nitrogen and oxygen atoms in total.